The standard InChI is InChI=1S/C26H25N3O3/c1-28(17-10-18-32-21-13-6-3-7-14-21)26(31)24-22-15-8-9-16-23(22)25(30)29(27-24)19-20-11-4-2-5-12-20/h2-9,11-16H,10,17-19H2,1H3. The van der Waals surface area contributed by atoms with Gasteiger partial charge in [-0.2, -0.15) is 5.10 Å². The largest absolute Gasteiger partial charge is 0.494 e. The van der Waals surface area contributed by atoms with Gasteiger partial charge in [-0.3, -0.25) is 9.59 Å². The third-order valence-electron chi connectivity index (χ3n) is 5.24. The average molecular weight is 428 g/mol. The molecule has 1 heterocycles. The molecule has 0 saturated carbocycles. The maximum atomic E-state index is 13.2. The number of nitrogens with zero attached hydrogens (tertiary/aromatic N) is 3. The molecule has 162 valence electrons. The van der Waals surface area contributed by atoms with Crippen LogP contribution in [0.5, 0.6) is 5.75 Å². The summed E-state index contributed by atoms with van der Waals surface area (Å²) < 4.78 is 7.09. The third kappa shape index (κ3) is 4.86. The van der Waals surface area contributed by atoms with Crippen LogP contribution in [0.4, 0.5) is 0 Å². The molecule has 32 heavy (non-hydrogen) atoms. The summed E-state index contributed by atoms with van der Waals surface area (Å²) in [5, 5.41) is 5.53. The smallest absolute Gasteiger partial charge is 0.274 e. The van der Waals surface area contributed by atoms with Gasteiger partial charge < -0.3 is 9.64 Å². The fourth-order valence-corrected chi connectivity index (χ4v) is 3.55. The molecule has 0 unspecified atom stereocenters. The zero-order valence-corrected chi connectivity index (χ0v) is 18.0. The first-order chi connectivity index (χ1) is 15.6. The lowest BCUT2D eigenvalue weighted by Gasteiger charge is -2.18. The Morgan fingerprint density at radius 3 is 2.25 bits per heavy atom. The lowest BCUT2D eigenvalue weighted by atomic mass is 10.1. The van der Waals surface area contributed by atoms with Crippen LogP contribution in [0.25, 0.3) is 10.8 Å². The fourth-order valence-electron chi connectivity index (χ4n) is 3.55. The highest BCUT2D eigenvalue weighted by Crippen LogP contribution is 2.16. The highest BCUT2D eigenvalue weighted by molar-refractivity contribution is 6.04. The first kappa shape index (κ1) is 21.3. The second-order valence-corrected chi connectivity index (χ2v) is 7.58. The number of rotatable bonds is 8. The van der Waals surface area contributed by atoms with Crippen LogP contribution in [0.2, 0.25) is 0 Å². The van der Waals surface area contributed by atoms with E-state index >= 15 is 0 Å². The SMILES string of the molecule is CN(CCCOc1ccccc1)C(=O)c1nn(Cc2ccccc2)c(=O)c2ccccc12. The molecular weight excluding hydrogens is 402 g/mol. The van der Waals surface area contributed by atoms with Gasteiger partial charge in [0.05, 0.1) is 18.5 Å². The number of hydrogen-bond donors (Lipinski definition) is 0. The summed E-state index contributed by atoms with van der Waals surface area (Å²) >= 11 is 0. The predicted octanol–water partition coefficient (Wildman–Crippen LogP) is 3.99. The van der Waals surface area contributed by atoms with Gasteiger partial charge in [0.15, 0.2) is 5.69 Å². The Morgan fingerprint density at radius 1 is 0.906 bits per heavy atom. The molecule has 6 heteroatoms. The van der Waals surface area contributed by atoms with Crippen molar-refractivity contribution in [2.45, 2.75) is 13.0 Å². The molecule has 1 aromatic heterocycles. The Bertz CT molecular complexity index is 1250. The molecule has 0 bridgehead atoms. The zero-order chi connectivity index (χ0) is 22.3. The van der Waals surface area contributed by atoms with Crippen molar-refractivity contribution in [3.63, 3.8) is 0 Å². The molecule has 4 rings (SSSR count). The topological polar surface area (TPSA) is 64.4 Å². The Hall–Kier alpha value is -3.93. The number of ether oxygens (including phenoxy) is 1. The van der Waals surface area contributed by atoms with E-state index in [1.54, 1.807) is 30.1 Å². The van der Waals surface area contributed by atoms with Crippen LogP contribution in [0.1, 0.15) is 22.5 Å². The average Bonchev–Trinajstić information content (AvgIpc) is 2.84. The van der Waals surface area contributed by atoms with E-state index in [4.69, 9.17) is 4.74 Å². The first-order valence-corrected chi connectivity index (χ1v) is 10.6. The number of amides is 1. The molecular formula is C26H25N3O3. The van der Waals surface area contributed by atoms with Crippen LogP contribution >= 0.6 is 0 Å². The quantitative estimate of drug-likeness (QED) is 0.399. The van der Waals surface area contributed by atoms with Crippen molar-refractivity contribution in [3.8, 4) is 5.75 Å². The molecule has 0 aliphatic rings. The number of benzene rings is 3. The maximum Gasteiger partial charge on any atom is 0.274 e. The summed E-state index contributed by atoms with van der Waals surface area (Å²) in [5.74, 6) is 0.588. The van der Waals surface area contributed by atoms with Gasteiger partial charge in [0.2, 0.25) is 0 Å². The van der Waals surface area contributed by atoms with Crippen molar-refractivity contribution < 1.29 is 9.53 Å². The van der Waals surface area contributed by atoms with Crippen LogP contribution in [0.3, 0.4) is 0 Å². The molecule has 0 fully saturated rings. The number of hydrogen-bond acceptors (Lipinski definition) is 4. The number of carbonyl (C=O) groups excluding carboxylic acids is 1. The molecule has 0 N–H and O–H groups in total. The molecule has 4 aromatic rings. The van der Waals surface area contributed by atoms with Crippen LogP contribution in [-0.2, 0) is 6.54 Å². The van der Waals surface area contributed by atoms with E-state index in [0.717, 1.165) is 11.3 Å². The Labute approximate surface area is 186 Å². The highest BCUT2D eigenvalue weighted by atomic mass is 16.5. The molecule has 0 saturated heterocycles. The second kappa shape index (κ2) is 9.92. The van der Waals surface area contributed by atoms with E-state index < -0.39 is 0 Å². The minimum Gasteiger partial charge on any atom is -0.494 e. The van der Waals surface area contributed by atoms with Gasteiger partial charge in [-0.05, 0) is 30.2 Å². The number of aromatic nitrogens is 2. The van der Waals surface area contributed by atoms with E-state index in [2.05, 4.69) is 5.10 Å². The summed E-state index contributed by atoms with van der Waals surface area (Å²) in [6, 6.07) is 26.3. The highest BCUT2D eigenvalue weighted by Gasteiger charge is 2.20. The lowest BCUT2D eigenvalue weighted by Crippen LogP contribution is -2.33. The molecule has 1 amide bonds. The minimum absolute atomic E-state index is 0.208. The van der Waals surface area contributed by atoms with Crippen molar-refractivity contribution in [2.75, 3.05) is 20.2 Å². The van der Waals surface area contributed by atoms with E-state index in [1.165, 1.54) is 4.68 Å². The van der Waals surface area contributed by atoms with Crippen molar-refractivity contribution in [1.29, 1.82) is 0 Å². The van der Waals surface area contributed by atoms with Crippen LogP contribution in [0.15, 0.2) is 89.7 Å². The first-order valence-electron chi connectivity index (χ1n) is 10.6. The summed E-state index contributed by atoms with van der Waals surface area (Å²) in [6.07, 6.45) is 0.679. The lowest BCUT2D eigenvalue weighted by molar-refractivity contribution is 0.0781. The molecule has 0 aliphatic heterocycles. The van der Waals surface area contributed by atoms with E-state index in [1.807, 2.05) is 66.7 Å². The monoisotopic (exact) mass is 427 g/mol. The summed E-state index contributed by atoms with van der Waals surface area (Å²) in [7, 11) is 1.74. The van der Waals surface area contributed by atoms with Crippen LogP contribution in [-0.4, -0.2) is 40.8 Å². The van der Waals surface area contributed by atoms with Crippen LogP contribution < -0.4 is 10.3 Å². The molecule has 0 atom stereocenters. The minimum atomic E-state index is -0.220. The van der Waals surface area contributed by atoms with Crippen molar-refractivity contribution >= 4 is 16.7 Å². The molecule has 3 aromatic carbocycles. The third-order valence-corrected chi connectivity index (χ3v) is 5.24. The number of para-hydroxylation sites is 1. The molecule has 0 spiro atoms. The summed E-state index contributed by atoms with van der Waals surface area (Å²) in [5.41, 5.74) is 1.02. The normalized spacial score (nSPS) is 10.8. The van der Waals surface area contributed by atoms with Gasteiger partial charge in [-0.15, -0.1) is 0 Å². The fraction of sp³-hybridized carbons (Fsp3) is 0.192. The van der Waals surface area contributed by atoms with E-state index in [-0.39, 0.29) is 17.2 Å². The maximum absolute atomic E-state index is 13.2. The molecule has 0 radical (unpaired) electrons. The van der Waals surface area contributed by atoms with Gasteiger partial charge in [-0.25, -0.2) is 4.68 Å². The van der Waals surface area contributed by atoms with Gasteiger partial charge in [0.25, 0.3) is 11.5 Å². The second-order valence-electron chi connectivity index (χ2n) is 7.58. The van der Waals surface area contributed by atoms with E-state index in [9.17, 15) is 9.59 Å². The van der Waals surface area contributed by atoms with Crippen molar-refractivity contribution in [2.24, 2.45) is 0 Å². The van der Waals surface area contributed by atoms with E-state index in [0.29, 0.717) is 36.9 Å². The van der Waals surface area contributed by atoms with Gasteiger partial charge in [0.1, 0.15) is 5.75 Å². The molecule has 0 aliphatic carbocycles. The van der Waals surface area contributed by atoms with Gasteiger partial charge in [-0.1, -0.05) is 66.7 Å². The van der Waals surface area contributed by atoms with Crippen molar-refractivity contribution in [1.82, 2.24) is 14.7 Å². The number of carbonyl (C=O) groups is 1. The van der Waals surface area contributed by atoms with Gasteiger partial charge in [0, 0.05) is 19.0 Å². The zero-order valence-electron chi connectivity index (χ0n) is 18.0. The summed E-state index contributed by atoms with van der Waals surface area (Å²) in [6.45, 7) is 1.32. The Kier molecular flexibility index (Phi) is 6.60. The van der Waals surface area contributed by atoms with Crippen LogP contribution in [0, 0.1) is 0 Å². The Morgan fingerprint density at radius 2 is 1.53 bits per heavy atom. The Balaban J connectivity index is 1.53. The summed E-state index contributed by atoms with van der Waals surface area (Å²) in [4.78, 5) is 27.9. The van der Waals surface area contributed by atoms with Crippen molar-refractivity contribution in [3.05, 3.63) is 107 Å². The molecule has 6 nitrogen and oxygen atoms in total. The predicted molar refractivity (Wildman–Crippen MR) is 125 cm³/mol. The van der Waals surface area contributed by atoms with Gasteiger partial charge >= 0.3 is 0 Å². The number of fused-ring (bicyclic) bond motifs is 1.